The number of carbonyl (C=O) groups is 1. The van der Waals surface area contributed by atoms with Crippen LogP contribution < -0.4 is 15.0 Å². The number of H-pyrrole nitrogens is 1. The van der Waals surface area contributed by atoms with Crippen molar-refractivity contribution in [2.45, 2.75) is 44.3 Å². The van der Waals surface area contributed by atoms with E-state index in [1.807, 2.05) is 19.9 Å². The molecule has 0 aromatic carbocycles. The second kappa shape index (κ2) is 7.59. The van der Waals surface area contributed by atoms with Gasteiger partial charge in [0.2, 0.25) is 0 Å². The summed E-state index contributed by atoms with van der Waals surface area (Å²) in [5, 5.41) is 9.99. The molecule has 2 aromatic rings. The van der Waals surface area contributed by atoms with Crippen LogP contribution in [0.15, 0.2) is 18.3 Å². The Kier molecular flexibility index (Phi) is 5.29. The second-order valence-electron chi connectivity index (χ2n) is 8.52. The summed E-state index contributed by atoms with van der Waals surface area (Å²) in [5.41, 5.74) is 0.452. The number of nitrogens with zero attached hydrogens (tertiary/aromatic N) is 3. The van der Waals surface area contributed by atoms with Crippen molar-refractivity contribution in [3.63, 3.8) is 0 Å². The predicted octanol–water partition coefficient (Wildman–Crippen LogP) is 3.56. The molecule has 174 valence electrons. The molecule has 1 saturated carbocycles. The summed E-state index contributed by atoms with van der Waals surface area (Å²) >= 11 is 0. The third kappa shape index (κ3) is 4.63. The Hall–Kier alpha value is -2.92. The van der Waals surface area contributed by atoms with Crippen LogP contribution >= 0.6 is 0 Å². The van der Waals surface area contributed by atoms with E-state index in [1.165, 1.54) is 0 Å². The number of rotatable bonds is 7. The van der Waals surface area contributed by atoms with Gasteiger partial charge in [0.25, 0.3) is 11.8 Å². The number of aryl methyl sites for hydroxylation is 1. The third-order valence-corrected chi connectivity index (χ3v) is 5.66. The van der Waals surface area contributed by atoms with Gasteiger partial charge in [-0.05, 0) is 38.7 Å². The highest BCUT2D eigenvalue weighted by molar-refractivity contribution is 5.94. The van der Waals surface area contributed by atoms with Crippen molar-refractivity contribution in [2.24, 2.45) is 5.92 Å². The van der Waals surface area contributed by atoms with Gasteiger partial charge in [0.15, 0.2) is 6.61 Å². The first kappa shape index (κ1) is 22.3. The van der Waals surface area contributed by atoms with Gasteiger partial charge in [-0.2, -0.15) is 18.3 Å². The number of halogens is 5. The van der Waals surface area contributed by atoms with E-state index >= 15 is 0 Å². The van der Waals surface area contributed by atoms with E-state index in [9.17, 15) is 26.7 Å². The van der Waals surface area contributed by atoms with Crippen molar-refractivity contribution in [3.8, 4) is 5.75 Å². The number of carbonyl (C=O) groups excluding carboxylic acids is 1. The van der Waals surface area contributed by atoms with Crippen molar-refractivity contribution in [3.05, 3.63) is 35.4 Å². The first-order valence-electron chi connectivity index (χ1n) is 10.0. The van der Waals surface area contributed by atoms with Crippen LogP contribution in [0.1, 0.15) is 41.6 Å². The number of nitrogens with one attached hydrogen (secondary N) is 2. The minimum Gasteiger partial charge on any atom is -0.482 e. The molecule has 1 aliphatic heterocycles. The average Bonchev–Trinajstić information content (AvgIpc) is 3.45. The summed E-state index contributed by atoms with van der Waals surface area (Å²) in [6.07, 6.45) is -1.77. The molecule has 0 unspecified atom stereocenters. The molecule has 0 bridgehead atoms. The van der Waals surface area contributed by atoms with E-state index < -0.39 is 43.2 Å². The summed E-state index contributed by atoms with van der Waals surface area (Å²) in [6, 6.07) is 2.87. The highest BCUT2D eigenvalue weighted by atomic mass is 19.4. The Labute approximate surface area is 180 Å². The summed E-state index contributed by atoms with van der Waals surface area (Å²) in [5.74, 6) is -3.75. The van der Waals surface area contributed by atoms with E-state index in [0.717, 1.165) is 35.7 Å². The van der Waals surface area contributed by atoms with E-state index in [-0.39, 0.29) is 23.0 Å². The molecule has 2 aliphatic rings. The van der Waals surface area contributed by atoms with Crippen LogP contribution in [0.4, 0.5) is 27.6 Å². The molecule has 3 heterocycles. The monoisotopic (exact) mass is 459 g/mol. The van der Waals surface area contributed by atoms with Crippen LogP contribution in [0.2, 0.25) is 0 Å². The minimum absolute atomic E-state index is 0.0235. The Bertz CT molecular complexity index is 1010. The number of aromatic nitrogens is 3. The Morgan fingerprint density at radius 1 is 1.31 bits per heavy atom. The zero-order chi connectivity index (χ0) is 23.3. The van der Waals surface area contributed by atoms with E-state index in [1.54, 1.807) is 0 Å². The van der Waals surface area contributed by atoms with Crippen LogP contribution in [-0.4, -0.2) is 52.9 Å². The maximum Gasteiger partial charge on any atom is 0.422 e. The fraction of sp³-hybridized carbons (Fsp3) is 0.550. The van der Waals surface area contributed by atoms with Gasteiger partial charge in [0.05, 0.1) is 36.2 Å². The predicted molar refractivity (Wildman–Crippen MR) is 104 cm³/mol. The molecular formula is C20H22F5N5O2. The van der Waals surface area contributed by atoms with E-state index in [4.69, 9.17) is 4.74 Å². The smallest absolute Gasteiger partial charge is 0.422 e. The van der Waals surface area contributed by atoms with Crippen molar-refractivity contribution in [1.29, 1.82) is 0 Å². The largest absolute Gasteiger partial charge is 0.482 e. The fourth-order valence-corrected chi connectivity index (χ4v) is 3.77. The van der Waals surface area contributed by atoms with Crippen molar-refractivity contribution >= 4 is 11.6 Å². The highest BCUT2D eigenvalue weighted by Gasteiger charge is 2.47. The number of hydrogen-bond acceptors (Lipinski definition) is 5. The van der Waals surface area contributed by atoms with Crippen LogP contribution in [0.3, 0.4) is 0 Å². The molecule has 0 spiro atoms. The van der Waals surface area contributed by atoms with Crippen molar-refractivity contribution < 1.29 is 31.5 Å². The molecule has 4 rings (SSSR count). The first-order chi connectivity index (χ1) is 14.9. The van der Waals surface area contributed by atoms with Crippen LogP contribution in [0.5, 0.6) is 5.75 Å². The molecule has 1 aliphatic carbocycles. The number of alkyl halides is 5. The van der Waals surface area contributed by atoms with Crippen molar-refractivity contribution in [1.82, 2.24) is 20.5 Å². The van der Waals surface area contributed by atoms with Crippen LogP contribution in [0.25, 0.3) is 0 Å². The molecule has 0 radical (unpaired) electrons. The highest BCUT2D eigenvalue weighted by Crippen LogP contribution is 2.45. The minimum atomic E-state index is -4.63. The summed E-state index contributed by atoms with van der Waals surface area (Å²) in [7, 11) is 0. The number of ether oxygens (including phenoxy) is 1. The average molecular weight is 459 g/mol. The van der Waals surface area contributed by atoms with Crippen molar-refractivity contribution in [2.75, 3.05) is 24.6 Å². The van der Waals surface area contributed by atoms with Gasteiger partial charge in [-0.3, -0.25) is 9.89 Å². The maximum atomic E-state index is 13.3. The summed E-state index contributed by atoms with van der Waals surface area (Å²) in [4.78, 5) is 18.1. The van der Waals surface area contributed by atoms with Gasteiger partial charge < -0.3 is 15.0 Å². The van der Waals surface area contributed by atoms with Gasteiger partial charge in [0.1, 0.15) is 11.4 Å². The van der Waals surface area contributed by atoms with E-state index in [2.05, 4.69) is 20.5 Å². The number of anilines is 1. The maximum absolute atomic E-state index is 13.3. The molecular weight excluding hydrogens is 437 g/mol. The molecule has 2 fully saturated rings. The zero-order valence-electron chi connectivity index (χ0n) is 17.4. The fourth-order valence-electron chi connectivity index (χ4n) is 3.77. The topological polar surface area (TPSA) is 83.1 Å². The van der Waals surface area contributed by atoms with Gasteiger partial charge in [0, 0.05) is 11.8 Å². The van der Waals surface area contributed by atoms with Gasteiger partial charge in [-0.25, -0.2) is 13.8 Å². The molecule has 12 heteroatoms. The molecule has 7 nitrogen and oxygen atoms in total. The normalized spacial score (nSPS) is 19.8. The Balaban J connectivity index is 1.58. The lowest BCUT2D eigenvalue weighted by Crippen LogP contribution is -2.56. The molecule has 1 atom stereocenters. The van der Waals surface area contributed by atoms with Crippen LogP contribution in [0, 0.1) is 12.8 Å². The Morgan fingerprint density at radius 2 is 2.00 bits per heavy atom. The number of hydrogen-bond donors (Lipinski definition) is 2. The standard InChI is InChI=1S/C20H22F5N5O2/c1-11-5-16(29-28-11)18(2,12-3-4-12)27-17(31)13-6-15(32-10-20(23,24)25)14(7-26-13)30-8-19(21,22)9-30/h5-7,12H,3-4,8-10H2,1-2H3,(H,27,31)(H,28,29)/t18-/m0/s1. The first-order valence-corrected chi connectivity index (χ1v) is 10.0. The van der Waals surface area contributed by atoms with E-state index in [0.29, 0.717) is 5.69 Å². The van der Waals surface area contributed by atoms with Crippen LogP contribution in [-0.2, 0) is 5.54 Å². The molecule has 1 amide bonds. The molecule has 2 aromatic heterocycles. The van der Waals surface area contributed by atoms with Gasteiger partial charge in [-0.15, -0.1) is 0 Å². The molecule has 2 N–H and O–H groups in total. The lowest BCUT2D eigenvalue weighted by atomic mass is 9.91. The lowest BCUT2D eigenvalue weighted by Gasteiger charge is -2.40. The summed E-state index contributed by atoms with van der Waals surface area (Å²) in [6.45, 7) is 0.703. The number of amides is 1. The molecule has 32 heavy (non-hydrogen) atoms. The molecule has 1 saturated heterocycles. The quantitative estimate of drug-likeness (QED) is 0.619. The second-order valence-corrected chi connectivity index (χ2v) is 8.52. The van der Waals surface area contributed by atoms with Gasteiger partial charge >= 0.3 is 6.18 Å². The van der Waals surface area contributed by atoms with Gasteiger partial charge in [-0.1, -0.05) is 0 Å². The number of pyridine rings is 1. The zero-order valence-corrected chi connectivity index (χ0v) is 17.4. The third-order valence-electron chi connectivity index (χ3n) is 5.66. The lowest BCUT2D eigenvalue weighted by molar-refractivity contribution is -0.153. The number of aromatic amines is 1. The Morgan fingerprint density at radius 3 is 2.53 bits per heavy atom. The SMILES string of the molecule is Cc1cc([C@@](C)(NC(=O)c2cc(OCC(F)(F)F)c(N3CC(F)(F)C3)cn2)C2CC2)n[nH]1. The summed E-state index contributed by atoms with van der Waals surface area (Å²) < 4.78 is 69.5.